The topological polar surface area (TPSA) is 66.4 Å². The number of rotatable bonds is 7. The molecule has 0 aromatic heterocycles. The molecule has 0 aliphatic rings. The SMILES string of the molecule is CCCCSCC(=O)Nc1ccc(Br)c(C(=O)O)c1. The zero-order valence-electron chi connectivity index (χ0n) is 10.6. The monoisotopic (exact) mass is 345 g/mol. The predicted octanol–water partition coefficient (Wildman–Crippen LogP) is 3.62. The fourth-order valence-corrected chi connectivity index (χ4v) is 2.69. The molecule has 104 valence electrons. The molecule has 1 rings (SSSR count). The average molecular weight is 346 g/mol. The molecular weight excluding hydrogens is 330 g/mol. The van der Waals surface area contributed by atoms with E-state index in [9.17, 15) is 9.59 Å². The fraction of sp³-hybridized carbons (Fsp3) is 0.385. The molecule has 0 spiro atoms. The standard InChI is InChI=1S/C13H16BrNO3S/c1-2-3-6-19-8-12(16)15-9-4-5-11(14)10(7-9)13(17)18/h4-5,7H,2-3,6,8H2,1H3,(H,15,16)(H,17,18). The van der Waals surface area contributed by atoms with Gasteiger partial charge in [0.15, 0.2) is 0 Å². The zero-order valence-corrected chi connectivity index (χ0v) is 13.0. The average Bonchev–Trinajstić information content (AvgIpc) is 2.36. The number of benzene rings is 1. The van der Waals surface area contributed by atoms with Crippen molar-refractivity contribution in [1.29, 1.82) is 0 Å². The van der Waals surface area contributed by atoms with E-state index in [0.717, 1.165) is 18.6 Å². The van der Waals surface area contributed by atoms with Crippen LogP contribution in [-0.4, -0.2) is 28.5 Å². The van der Waals surface area contributed by atoms with Gasteiger partial charge in [-0.2, -0.15) is 11.8 Å². The minimum Gasteiger partial charge on any atom is -0.478 e. The summed E-state index contributed by atoms with van der Waals surface area (Å²) < 4.78 is 0.496. The lowest BCUT2D eigenvalue weighted by Gasteiger charge is -2.07. The van der Waals surface area contributed by atoms with Gasteiger partial charge in [-0.25, -0.2) is 4.79 Å². The third-order valence-corrected chi connectivity index (χ3v) is 4.09. The first-order valence-corrected chi connectivity index (χ1v) is 7.89. The number of carbonyl (C=O) groups excluding carboxylic acids is 1. The summed E-state index contributed by atoms with van der Waals surface area (Å²) in [7, 11) is 0. The Labute approximate surface area is 125 Å². The number of hydrogen-bond donors (Lipinski definition) is 2. The van der Waals surface area contributed by atoms with Crippen molar-refractivity contribution >= 4 is 45.3 Å². The number of anilines is 1. The third-order valence-electron chi connectivity index (χ3n) is 2.36. The van der Waals surface area contributed by atoms with Crippen molar-refractivity contribution in [2.45, 2.75) is 19.8 Å². The summed E-state index contributed by atoms with van der Waals surface area (Å²) in [5, 5.41) is 11.7. The molecule has 0 radical (unpaired) electrons. The largest absolute Gasteiger partial charge is 0.478 e. The molecular formula is C13H16BrNO3S. The molecule has 2 N–H and O–H groups in total. The molecule has 1 aromatic carbocycles. The minimum absolute atomic E-state index is 0.111. The summed E-state index contributed by atoms with van der Waals surface area (Å²) in [6, 6.07) is 4.73. The summed E-state index contributed by atoms with van der Waals surface area (Å²) in [5.41, 5.74) is 0.637. The minimum atomic E-state index is -1.03. The van der Waals surface area contributed by atoms with E-state index in [1.54, 1.807) is 23.9 Å². The van der Waals surface area contributed by atoms with Crippen LogP contribution in [0.3, 0.4) is 0 Å². The molecule has 0 saturated carbocycles. The lowest BCUT2D eigenvalue weighted by Crippen LogP contribution is -2.14. The van der Waals surface area contributed by atoms with Crippen LogP contribution in [0.4, 0.5) is 5.69 Å². The van der Waals surface area contributed by atoms with Gasteiger partial charge in [-0.3, -0.25) is 4.79 Å². The molecule has 0 bridgehead atoms. The van der Waals surface area contributed by atoms with Crippen LogP contribution >= 0.6 is 27.7 Å². The zero-order chi connectivity index (χ0) is 14.3. The van der Waals surface area contributed by atoms with Crippen molar-refractivity contribution in [3.63, 3.8) is 0 Å². The molecule has 6 heteroatoms. The highest BCUT2D eigenvalue weighted by molar-refractivity contribution is 9.10. The van der Waals surface area contributed by atoms with Crippen LogP contribution in [0.25, 0.3) is 0 Å². The van der Waals surface area contributed by atoms with Crippen molar-refractivity contribution in [2.24, 2.45) is 0 Å². The van der Waals surface area contributed by atoms with Crippen molar-refractivity contribution in [2.75, 3.05) is 16.8 Å². The Bertz CT molecular complexity index is 465. The van der Waals surface area contributed by atoms with Gasteiger partial charge in [0.1, 0.15) is 0 Å². The highest BCUT2D eigenvalue weighted by Gasteiger charge is 2.10. The van der Waals surface area contributed by atoms with Crippen LogP contribution in [0.15, 0.2) is 22.7 Å². The Morgan fingerprint density at radius 3 is 2.79 bits per heavy atom. The second-order valence-corrected chi connectivity index (χ2v) is 5.91. The molecule has 0 heterocycles. The molecule has 0 fully saturated rings. The number of carbonyl (C=O) groups is 2. The molecule has 0 aliphatic heterocycles. The van der Waals surface area contributed by atoms with Gasteiger partial charge in [0.25, 0.3) is 0 Å². The quantitative estimate of drug-likeness (QED) is 0.740. The first kappa shape index (κ1) is 16.0. The van der Waals surface area contributed by atoms with E-state index in [-0.39, 0.29) is 11.5 Å². The van der Waals surface area contributed by atoms with Crippen molar-refractivity contribution in [3.05, 3.63) is 28.2 Å². The van der Waals surface area contributed by atoms with E-state index < -0.39 is 5.97 Å². The molecule has 19 heavy (non-hydrogen) atoms. The van der Waals surface area contributed by atoms with E-state index in [1.807, 2.05) is 0 Å². The molecule has 0 aliphatic carbocycles. The van der Waals surface area contributed by atoms with Crippen LogP contribution < -0.4 is 5.32 Å². The summed E-state index contributed by atoms with van der Waals surface area (Å²) in [5.74, 6) is 0.211. The lowest BCUT2D eigenvalue weighted by molar-refractivity contribution is -0.113. The predicted molar refractivity (Wildman–Crippen MR) is 82.0 cm³/mol. The van der Waals surface area contributed by atoms with Crippen LogP contribution in [-0.2, 0) is 4.79 Å². The third kappa shape index (κ3) is 5.65. The number of unbranched alkanes of at least 4 members (excludes halogenated alkanes) is 1. The number of nitrogens with one attached hydrogen (secondary N) is 1. The molecule has 0 unspecified atom stereocenters. The van der Waals surface area contributed by atoms with Crippen molar-refractivity contribution in [1.82, 2.24) is 0 Å². The number of carboxylic acids is 1. The van der Waals surface area contributed by atoms with E-state index >= 15 is 0 Å². The summed E-state index contributed by atoms with van der Waals surface area (Å²) in [6.07, 6.45) is 2.21. The van der Waals surface area contributed by atoms with Gasteiger partial charge in [0.05, 0.1) is 11.3 Å². The molecule has 4 nitrogen and oxygen atoms in total. The van der Waals surface area contributed by atoms with Crippen molar-refractivity contribution in [3.8, 4) is 0 Å². The van der Waals surface area contributed by atoms with E-state index in [2.05, 4.69) is 28.2 Å². The lowest BCUT2D eigenvalue weighted by atomic mass is 10.2. The number of halogens is 1. The van der Waals surface area contributed by atoms with Crippen molar-refractivity contribution < 1.29 is 14.7 Å². The first-order valence-electron chi connectivity index (χ1n) is 5.95. The van der Waals surface area contributed by atoms with Gasteiger partial charge in [-0.05, 0) is 46.3 Å². The van der Waals surface area contributed by atoms with Gasteiger partial charge >= 0.3 is 5.97 Å². The van der Waals surface area contributed by atoms with Crippen LogP contribution in [0.2, 0.25) is 0 Å². The normalized spacial score (nSPS) is 10.2. The number of aromatic carboxylic acids is 1. The maximum absolute atomic E-state index is 11.7. The Balaban J connectivity index is 2.55. The Morgan fingerprint density at radius 1 is 1.42 bits per heavy atom. The maximum atomic E-state index is 11.7. The molecule has 0 atom stereocenters. The Hall–Kier alpha value is -1.01. The summed E-state index contributed by atoms with van der Waals surface area (Å²) in [4.78, 5) is 22.6. The van der Waals surface area contributed by atoms with Crippen LogP contribution in [0, 0.1) is 0 Å². The number of thioether (sulfide) groups is 1. The molecule has 0 saturated heterocycles. The second-order valence-electron chi connectivity index (χ2n) is 3.95. The summed E-state index contributed by atoms with van der Waals surface area (Å²) >= 11 is 4.74. The second kappa shape index (κ2) is 8.22. The Kier molecular flexibility index (Phi) is 6.94. The smallest absolute Gasteiger partial charge is 0.336 e. The van der Waals surface area contributed by atoms with Gasteiger partial charge in [-0.15, -0.1) is 0 Å². The maximum Gasteiger partial charge on any atom is 0.336 e. The van der Waals surface area contributed by atoms with Gasteiger partial charge in [0, 0.05) is 10.2 Å². The number of carboxylic acid groups (broad SMARTS) is 1. The first-order chi connectivity index (χ1) is 9.04. The van der Waals surface area contributed by atoms with Gasteiger partial charge in [0.2, 0.25) is 5.91 Å². The number of hydrogen-bond acceptors (Lipinski definition) is 3. The fourth-order valence-electron chi connectivity index (χ4n) is 1.38. The van der Waals surface area contributed by atoms with E-state index in [1.165, 1.54) is 6.07 Å². The van der Waals surface area contributed by atoms with E-state index in [0.29, 0.717) is 15.9 Å². The molecule has 1 amide bonds. The van der Waals surface area contributed by atoms with Crippen LogP contribution in [0.5, 0.6) is 0 Å². The highest BCUT2D eigenvalue weighted by Crippen LogP contribution is 2.21. The number of amides is 1. The van der Waals surface area contributed by atoms with Gasteiger partial charge < -0.3 is 10.4 Å². The van der Waals surface area contributed by atoms with Gasteiger partial charge in [-0.1, -0.05) is 13.3 Å². The van der Waals surface area contributed by atoms with Crippen LogP contribution in [0.1, 0.15) is 30.1 Å². The molecule has 1 aromatic rings. The summed E-state index contributed by atoms with van der Waals surface area (Å²) in [6.45, 7) is 2.11. The Morgan fingerprint density at radius 2 is 2.16 bits per heavy atom. The van der Waals surface area contributed by atoms with E-state index in [4.69, 9.17) is 5.11 Å². The highest BCUT2D eigenvalue weighted by atomic mass is 79.9.